The maximum absolute atomic E-state index is 14.4. The van der Waals surface area contributed by atoms with E-state index >= 15 is 0 Å². The fraction of sp³-hybridized carbons (Fsp3) is 0.143. The van der Waals surface area contributed by atoms with Crippen LogP contribution >= 0.6 is 0 Å². The zero-order valence-electron chi connectivity index (χ0n) is 15.7. The fourth-order valence-electron chi connectivity index (χ4n) is 3.41. The third-order valence-corrected chi connectivity index (χ3v) is 5.23. The first kappa shape index (κ1) is 18.2. The zero-order chi connectivity index (χ0) is 20.8. The lowest BCUT2D eigenvalue weighted by molar-refractivity contribution is 0.103. The molecule has 30 heavy (non-hydrogen) atoms. The molecule has 1 aliphatic heterocycles. The molecular formula is C21H16F2N6O. The maximum atomic E-state index is 14.4. The average Bonchev–Trinajstić information content (AvgIpc) is 3.13. The highest BCUT2D eigenvalue weighted by molar-refractivity contribution is 6.16. The summed E-state index contributed by atoms with van der Waals surface area (Å²) in [6, 6.07) is 3.78. The van der Waals surface area contributed by atoms with Crippen LogP contribution < -0.4 is 10.6 Å². The number of nitrogens with one attached hydrogen (secondary N) is 1. The highest BCUT2D eigenvalue weighted by Gasteiger charge is 2.24. The van der Waals surface area contributed by atoms with Gasteiger partial charge in [-0.05, 0) is 24.6 Å². The first-order chi connectivity index (χ1) is 14.5. The standard InChI is InChI=1S/C21H16F2N6O/c22-15-2-3-16(24)18(23)17(15)19(30)14-10-26-20-13(14)6-11(7-25-20)12-8-27-21(28-9-12)29-4-1-5-29/h2-3,6-10H,1,4-5,24H2,(H,25,26). The number of H-pyrrole nitrogens is 1. The van der Waals surface area contributed by atoms with E-state index in [1.54, 1.807) is 24.7 Å². The minimum atomic E-state index is -1.08. The van der Waals surface area contributed by atoms with Gasteiger partial charge >= 0.3 is 0 Å². The molecule has 0 radical (unpaired) electrons. The summed E-state index contributed by atoms with van der Waals surface area (Å²) in [5, 5.41) is 0.436. The van der Waals surface area contributed by atoms with Gasteiger partial charge in [0, 0.05) is 60.0 Å². The first-order valence-electron chi connectivity index (χ1n) is 9.35. The number of aromatic nitrogens is 4. The van der Waals surface area contributed by atoms with Gasteiger partial charge < -0.3 is 15.6 Å². The highest BCUT2D eigenvalue weighted by Crippen LogP contribution is 2.28. The average molecular weight is 406 g/mol. The number of anilines is 2. The van der Waals surface area contributed by atoms with Gasteiger partial charge in [0.05, 0.1) is 11.3 Å². The van der Waals surface area contributed by atoms with E-state index in [2.05, 4.69) is 24.8 Å². The van der Waals surface area contributed by atoms with Gasteiger partial charge in [-0.2, -0.15) is 0 Å². The van der Waals surface area contributed by atoms with Crippen LogP contribution in [0.4, 0.5) is 20.4 Å². The number of pyridine rings is 1. The van der Waals surface area contributed by atoms with Gasteiger partial charge in [0.15, 0.2) is 5.82 Å². The van der Waals surface area contributed by atoms with Gasteiger partial charge in [0.1, 0.15) is 11.5 Å². The number of ketones is 1. The Morgan fingerprint density at radius 3 is 2.50 bits per heavy atom. The van der Waals surface area contributed by atoms with Crippen molar-refractivity contribution in [1.82, 2.24) is 19.9 Å². The molecule has 0 spiro atoms. The number of fused-ring (bicyclic) bond motifs is 1. The van der Waals surface area contributed by atoms with Crippen molar-refractivity contribution in [2.24, 2.45) is 0 Å². The van der Waals surface area contributed by atoms with E-state index in [1.165, 1.54) is 6.20 Å². The van der Waals surface area contributed by atoms with Gasteiger partial charge in [0.2, 0.25) is 11.7 Å². The van der Waals surface area contributed by atoms with E-state index in [-0.39, 0.29) is 11.3 Å². The van der Waals surface area contributed by atoms with Crippen molar-refractivity contribution in [2.75, 3.05) is 23.7 Å². The molecule has 9 heteroatoms. The Labute approximate surface area is 169 Å². The smallest absolute Gasteiger partial charge is 0.225 e. The van der Waals surface area contributed by atoms with Crippen molar-refractivity contribution in [3.8, 4) is 11.1 Å². The van der Waals surface area contributed by atoms with Crippen LogP contribution in [0.25, 0.3) is 22.2 Å². The Hall–Kier alpha value is -3.88. The van der Waals surface area contributed by atoms with Crippen LogP contribution in [-0.2, 0) is 0 Å². The van der Waals surface area contributed by atoms with Crippen molar-refractivity contribution in [1.29, 1.82) is 0 Å². The molecule has 0 amide bonds. The number of hydrogen-bond donors (Lipinski definition) is 2. The summed E-state index contributed by atoms with van der Waals surface area (Å²) < 4.78 is 28.5. The number of carbonyl (C=O) groups excluding carboxylic acids is 1. The number of hydrogen-bond acceptors (Lipinski definition) is 6. The van der Waals surface area contributed by atoms with Crippen LogP contribution in [0.1, 0.15) is 22.3 Å². The molecule has 1 aromatic carbocycles. The summed E-state index contributed by atoms with van der Waals surface area (Å²) in [5.41, 5.74) is 6.44. The summed E-state index contributed by atoms with van der Waals surface area (Å²) in [6.45, 7) is 1.89. The lowest BCUT2D eigenvalue weighted by Crippen LogP contribution is -2.38. The third kappa shape index (κ3) is 2.86. The quantitative estimate of drug-likeness (QED) is 0.398. The molecule has 0 atom stereocenters. The Balaban J connectivity index is 1.55. The topological polar surface area (TPSA) is 101 Å². The molecule has 150 valence electrons. The minimum absolute atomic E-state index is 0.0980. The molecule has 5 rings (SSSR count). The second-order valence-corrected chi connectivity index (χ2v) is 7.09. The van der Waals surface area contributed by atoms with Gasteiger partial charge in [-0.15, -0.1) is 0 Å². The van der Waals surface area contributed by atoms with Gasteiger partial charge in [-0.1, -0.05) is 0 Å². The van der Waals surface area contributed by atoms with Crippen LogP contribution in [0.15, 0.2) is 43.0 Å². The largest absolute Gasteiger partial charge is 0.396 e. The monoisotopic (exact) mass is 406 g/mol. The second kappa shape index (κ2) is 6.87. The van der Waals surface area contributed by atoms with Crippen LogP contribution in [0.3, 0.4) is 0 Å². The summed E-state index contributed by atoms with van der Waals surface area (Å²) >= 11 is 0. The normalized spacial score (nSPS) is 13.5. The number of halogens is 2. The van der Waals surface area contributed by atoms with E-state index in [4.69, 9.17) is 5.73 Å². The number of rotatable bonds is 4. The summed E-state index contributed by atoms with van der Waals surface area (Å²) in [7, 11) is 0. The van der Waals surface area contributed by atoms with Crippen molar-refractivity contribution >= 4 is 28.5 Å². The molecule has 0 saturated carbocycles. The third-order valence-electron chi connectivity index (χ3n) is 5.23. The number of nitrogen functional groups attached to an aromatic ring is 1. The molecule has 1 fully saturated rings. The number of nitrogens with two attached hydrogens (primary N) is 1. The van der Waals surface area contributed by atoms with E-state index < -0.39 is 23.0 Å². The van der Waals surface area contributed by atoms with Crippen molar-refractivity contribution in [3.63, 3.8) is 0 Å². The predicted octanol–water partition coefficient (Wildman–Crippen LogP) is 3.32. The molecule has 7 nitrogen and oxygen atoms in total. The molecule has 4 heterocycles. The van der Waals surface area contributed by atoms with E-state index in [0.717, 1.165) is 37.2 Å². The van der Waals surface area contributed by atoms with Gasteiger partial charge in [0.25, 0.3) is 0 Å². The zero-order valence-corrected chi connectivity index (χ0v) is 15.7. The Kier molecular flexibility index (Phi) is 4.16. The molecular weight excluding hydrogens is 390 g/mol. The number of benzene rings is 1. The molecule has 0 aliphatic carbocycles. The molecule has 0 bridgehead atoms. The summed E-state index contributed by atoms with van der Waals surface area (Å²) in [6.07, 6.45) is 7.51. The number of carbonyl (C=O) groups is 1. The number of nitrogens with zero attached hydrogens (tertiary/aromatic N) is 4. The SMILES string of the molecule is Nc1ccc(F)c(C(=O)c2c[nH]c3ncc(-c4cnc(N5CCC5)nc4)cc23)c1F. The Bertz CT molecular complexity index is 1280. The minimum Gasteiger partial charge on any atom is -0.396 e. The van der Waals surface area contributed by atoms with Crippen molar-refractivity contribution < 1.29 is 13.6 Å². The van der Waals surface area contributed by atoms with Crippen molar-refractivity contribution in [3.05, 3.63) is 65.7 Å². The molecule has 3 N–H and O–H groups in total. The van der Waals surface area contributed by atoms with Crippen LogP contribution in [0.5, 0.6) is 0 Å². The fourth-order valence-corrected chi connectivity index (χ4v) is 3.41. The Morgan fingerprint density at radius 2 is 1.80 bits per heavy atom. The van der Waals surface area contributed by atoms with Crippen LogP contribution in [-0.4, -0.2) is 38.8 Å². The van der Waals surface area contributed by atoms with E-state index in [1.807, 2.05) is 0 Å². The van der Waals surface area contributed by atoms with Crippen LogP contribution in [0.2, 0.25) is 0 Å². The lowest BCUT2D eigenvalue weighted by Gasteiger charge is -2.30. The molecule has 0 unspecified atom stereocenters. The van der Waals surface area contributed by atoms with E-state index in [0.29, 0.717) is 22.5 Å². The van der Waals surface area contributed by atoms with Gasteiger partial charge in [-0.25, -0.2) is 23.7 Å². The van der Waals surface area contributed by atoms with Crippen molar-refractivity contribution in [2.45, 2.75) is 6.42 Å². The molecule has 4 aromatic rings. The highest BCUT2D eigenvalue weighted by atomic mass is 19.1. The Morgan fingerprint density at radius 1 is 1.07 bits per heavy atom. The lowest BCUT2D eigenvalue weighted by atomic mass is 10.0. The van der Waals surface area contributed by atoms with Crippen LogP contribution in [0, 0.1) is 11.6 Å². The van der Waals surface area contributed by atoms with Gasteiger partial charge in [-0.3, -0.25) is 4.79 Å². The molecule has 3 aromatic heterocycles. The first-order valence-corrected chi connectivity index (χ1v) is 9.35. The predicted molar refractivity (Wildman–Crippen MR) is 108 cm³/mol. The molecule has 1 aliphatic rings. The summed E-state index contributed by atoms with van der Waals surface area (Å²) in [5.74, 6) is -2.19. The number of aromatic amines is 1. The van der Waals surface area contributed by atoms with E-state index in [9.17, 15) is 13.6 Å². The second-order valence-electron chi connectivity index (χ2n) is 7.09. The maximum Gasteiger partial charge on any atom is 0.225 e. The molecule has 1 saturated heterocycles. The summed E-state index contributed by atoms with van der Waals surface area (Å²) in [4.78, 5) is 30.9.